The number of carbonyl (C=O) groups is 2. The Kier molecular flexibility index (Phi) is 5.48. The van der Waals surface area contributed by atoms with Gasteiger partial charge in [0.1, 0.15) is 5.82 Å². The first-order valence-electron chi connectivity index (χ1n) is 10.2. The molecule has 0 unspecified atom stereocenters. The third kappa shape index (κ3) is 4.75. The van der Waals surface area contributed by atoms with Crippen LogP contribution in [0.15, 0.2) is 54.6 Å². The number of para-hydroxylation sites is 1. The number of hydrogen-bond acceptors (Lipinski definition) is 4. The molecule has 4 rings (SSSR count). The standard InChI is InChI=1S/C23H26N6O2/c1-23(2,3)16-11-9-15(10-12-16)21(30)25-20-18-13-29(14-19(18)26-27-20)28-22(31)24-17-7-5-4-6-8-17/h4-12H,13-14H2,1-3H3,(H2,24,28,31)(H2,25,26,27,30). The molecular weight excluding hydrogens is 392 g/mol. The summed E-state index contributed by atoms with van der Waals surface area (Å²) in [5.74, 6) is 0.341. The van der Waals surface area contributed by atoms with E-state index in [-0.39, 0.29) is 17.4 Å². The van der Waals surface area contributed by atoms with Crippen molar-refractivity contribution in [3.8, 4) is 0 Å². The normalized spacial score (nSPS) is 13.5. The van der Waals surface area contributed by atoms with Gasteiger partial charge in [-0.1, -0.05) is 51.1 Å². The lowest BCUT2D eigenvalue weighted by Crippen LogP contribution is -2.41. The largest absolute Gasteiger partial charge is 0.333 e. The molecule has 2 aromatic carbocycles. The fourth-order valence-electron chi connectivity index (χ4n) is 3.45. The van der Waals surface area contributed by atoms with Crippen molar-refractivity contribution in [2.75, 3.05) is 10.6 Å². The summed E-state index contributed by atoms with van der Waals surface area (Å²) >= 11 is 0. The minimum absolute atomic E-state index is 0.0302. The average molecular weight is 419 g/mol. The molecule has 0 aliphatic carbocycles. The van der Waals surface area contributed by atoms with Gasteiger partial charge in [0.05, 0.1) is 12.2 Å². The van der Waals surface area contributed by atoms with Crippen LogP contribution in [-0.2, 0) is 18.5 Å². The van der Waals surface area contributed by atoms with E-state index in [1.165, 1.54) is 5.56 Å². The second-order valence-corrected chi connectivity index (χ2v) is 8.59. The molecule has 0 atom stereocenters. The predicted octanol–water partition coefficient (Wildman–Crippen LogP) is 4.01. The van der Waals surface area contributed by atoms with Crippen LogP contribution in [0.2, 0.25) is 0 Å². The maximum Gasteiger partial charge on any atom is 0.333 e. The Bertz CT molecular complexity index is 1080. The molecule has 1 aliphatic heterocycles. The Labute approximate surface area is 181 Å². The Morgan fingerprint density at radius 1 is 0.968 bits per heavy atom. The van der Waals surface area contributed by atoms with E-state index in [0.29, 0.717) is 30.2 Å². The first-order chi connectivity index (χ1) is 14.8. The quantitative estimate of drug-likeness (QED) is 0.514. The van der Waals surface area contributed by atoms with Gasteiger partial charge in [-0.15, -0.1) is 0 Å². The second kappa shape index (κ2) is 8.23. The SMILES string of the molecule is CC(C)(C)c1ccc(C(=O)Nc2[nH]nc3c2CN(NC(=O)Nc2ccccc2)C3)cc1. The van der Waals surface area contributed by atoms with E-state index < -0.39 is 0 Å². The molecule has 0 fully saturated rings. The molecule has 0 bridgehead atoms. The lowest BCUT2D eigenvalue weighted by molar-refractivity contribution is 0.102. The van der Waals surface area contributed by atoms with Gasteiger partial charge in [0, 0.05) is 23.4 Å². The lowest BCUT2D eigenvalue weighted by atomic mass is 9.87. The van der Waals surface area contributed by atoms with Crippen LogP contribution in [-0.4, -0.2) is 27.1 Å². The van der Waals surface area contributed by atoms with E-state index in [1.807, 2.05) is 54.6 Å². The summed E-state index contributed by atoms with van der Waals surface area (Å²) in [6.07, 6.45) is 0. The minimum atomic E-state index is -0.329. The second-order valence-electron chi connectivity index (χ2n) is 8.59. The number of aromatic amines is 1. The van der Waals surface area contributed by atoms with Crippen molar-refractivity contribution in [3.63, 3.8) is 0 Å². The number of urea groups is 1. The molecule has 160 valence electrons. The highest BCUT2D eigenvalue weighted by atomic mass is 16.2. The first kappa shape index (κ1) is 20.6. The first-order valence-corrected chi connectivity index (χ1v) is 10.2. The summed E-state index contributed by atoms with van der Waals surface area (Å²) < 4.78 is 0. The number of nitrogens with zero attached hydrogens (tertiary/aromatic N) is 2. The van der Waals surface area contributed by atoms with Crippen molar-refractivity contribution in [1.29, 1.82) is 0 Å². The number of fused-ring (bicyclic) bond motifs is 1. The number of hydrazine groups is 1. The molecule has 8 heteroatoms. The molecule has 31 heavy (non-hydrogen) atoms. The number of aromatic nitrogens is 2. The number of carbonyl (C=O) groups excluding carboxylic acids is 2. The highest BCUT2D eigenvalue weighted by Crippen LogP contribution is 2.27. The molecule has 0 spiro atoms. The van der Waals surface area contributed by atoms with Gasteiger partial charge >= 0.3 is 6.03 Å². The van der Waals surface area contributed by atoms with Gasteiger partial charge in [0.2, 0.25) is 0 Å². The number of rotatable bonds is 4. The smallest absolute Gasteiger partial charge is 0.307 e. The van der Waals surface area contributed by atoms with Crippen molar-refractivity contribution >= 4 is 23.4 Å². The topological polar surface area (TPSA) is 102 Å². The number of anilines is 2. The Morgan fingerprint density at radius 2 is 1.68 bits per heavy atom. The van der Waals surface area contributed by atoms with Gasteiger partial charge in [-0.05, 0) is 35.2 Å². The number of amides is 3. The van der Waals surface area contributed by atoms with Gasteiger partial charge < -0.3 is 10.6 Å². The lowest BCUT2D eigenvalue weighted by Gasteiger charge is -2.19. The summed E-state index contributed by atoms with van der Waals surface area (Å²) in [5.41, 5.74) is 6.95. The maximum atomic E-state index is 12.7. The molecule has 8 nitrogen and oxygen atoms in total. The van der Waals surface area contributed by atoms with Gasteiger partial charge in [0.25, 0.3) is 5.91 Å². The number of H-pyrrole nitrogens is 1. The van der Waals surface area contributed by atoms with E-state index >= 15 is 0 Å². The highest BCUT2D eigenvalue weighted by molar-refractivity contribution is 6.04. The van der Waals surface area contributed by atoms with Gasteiger partial charge in [-0.2, -0.15) is 5.10 Å². The maximum absolute atomic E-state index is 12.7. The van der Waals surface area contributed by atoms with Crippen LogP contribution in [0.3, 0.4) is 0 Å². The van der Waals surface area contributed by atoms with E-state index in [0.717, 1.165) is 11.3 Å². The summed E-state index contributed by atoms with van der Waals surface area (Å²) in [5, 5.41) is 14.6. The summed E-state index contributed by atoms with van der Waals surface area (Å²) in [6, 6.07) is 16.5. The predicted molar refractivity (Wildman–Crippen MR) is 120 cm³/mol. The van der Waals surface area contributed by atoms with Crippen LogP contribution >= 0.6 is 0 Å². The van der Waals surface area contributed by atoms with Crippen LogP contribution in [0, 0.1) is 0 Å². The van der Waals surface area contributed by atoms with Gasteiger partial charge in [0.15, 0.2) is 0 Å². The zero-order valence-corrected chi connectivity index (χ0v) is 17.8. The highest BCUT2D eigenvalue weighted by Gasteiger charge is 2.27. The molecule has 2 heterocycles. The van der Waals surface area contributed by atoms with E-state index in [4.69, 9.17) is 0 Å². The molecule has 4 N–H and O–H groups in total. The average Bonchev–Trinajstić information content (AvgIpc) is 3.29. The molecular formula is C23H26N6O2. The summed E-state index contributed by atoms with van der Waals surface area (Å²) in [6.45, 7) is 7.29. The number of nitrogens with one attached hydrogen (secondary N) is 4. The van der Waals surface area contributed by atoms with Gasteiger partial charge in [-0.3, -0.25) is 15.3 Å². The van der Waals surface area contributed by atoms with Crippen LogP contribution in [0.4, 0.5) is 16.3 Å². The third-order valence-corrected chi connectivity index (χ3v) is 5.19. The zero-order chi connectivity index (χ0) is 22.0. The van der Waals surface area contributed by atoms with Crippen LogP contribution in [0.25, 0.3) is 0 Å². The zero-order valence-electron chi connectivity index (χ0n) is 17.8. The molecule has 0 radical (unpaired) electrons. The fraction of sp³-hybridized carbons (Fsp3) is 0.261. The van der Waals surface area contributed by atoms with E-state index in [9.17, 15) is 9.59 Å². The molecule has 0 saturated carbocycles. The Hall–Kier alpha value is -3.65. The van der Waals surface area contributed by atoms with Gasteiger partial charge in [-0.25, -0.2) is 9.80 Å². The van der Waals surface area contributed by atoms with Crippen molar-refractivity contribution < 1.29 is 9.59 Å². The van der Waals surface area contributed by atoms with Crippen molar-refractivity contribution in [1.82, 2.24) is 20.6 Å². The number of hydrogen-bond donors (Lipinski definition) is 4. The Balaban J connectivity index is 1.36. The summed E-state index contributed by atoms with van der Waals surface area (Å²) in [4.78, 5) is 24.9. The Morgan fingerprint density at radius 3 is 2.35 bits per heavy atom. The summed E-state index contributed by atoms with van der Waals surface area (Å²) in [7, 11) is 0. The third-order valence-electron chi connectivity index (χ3n) is 5.19. The van der Waals surface area contributed by atoms with Crippen molar-refractivity contribution in [2.45, 2.75) is 39.3 Å². The minimum Gasteiger partial charge on any atom is -0.307 e. The van der Waals surface area contributed by atoms with E-state index in [1.54, 1.807) is 5.01 Å². The molecule has 1 aromatic heterocycles. The van der Waals surface area contributed by atoms with E-state index in [2.05, 4.69) is 47.0 Å². The molecule has 3 amide bonds. The molecule has 1 aliphatic rings. The van der Waals surface area contributed by atoms with Crippen LogP contribution in [0.5, 0.6) is 0 Å². The van der Waals surface area contributed by atoms with Crippen LogP contribution in [0.1, 0.15) is 48.0 Å². The van der Waals surface area contributed by atoms with Crippen LogP contribution < -0.4 is 16.1 Å². The molecule has 0 saturated heterocycles. The molecule has 3 aromatic rings. The monoisotopic (exact) mass is 418 g/mol. The van der Waals surface area contributed by atoms with Crippen molar-refractivity contribution in [3.05, 3.63) is 77.0 Å². The fourth-order valence-corrected chi connectivity index (χ4v) is 3.45. The number of benzene rings is 2. The van der Waals surface area contributed by atoms with Crippen molar-refractivity contribution in [2.24, 2.45) is 0 Å².